The second-order valence-electron chi connectivity index (χ2n) is 8.44. The van der Waals surface area contributed by atoms with Gasteiger partial charge in [0.25, 0.3) is 0 Å². The highest BCUT2D eigenvalue weighted by molar-refractivity contribution is 5.71. The number of hydrogen-bond acceptors (Lipinski definition) is 4. The molecule has 0 aliphatic heterocycles. The average Bonchev–Trinajstić information content (AvgIpc) is 2.57. The summed E-state index contributed by atoms with van der Waals surface area (Å²) in [7, 11) is 0. The van der Waals surface area contributed by atoms with Crippen molar-refractivity contribution in [2.45, 2.75) is 58.0 Å². The molecule has 0 saturated heterocycles. The van der Waals surface area contributed by atoms with Gasteiger partial charge in [0.2, 0.25) is 0 Å². The van der Waals surface area contributed by atoms with Crippen LogP contribution in [0.25, 0.3) is 0 Å². The van der Waals surface area contributed by atoms with Crippen molar-refractivity contribution >= 4 is 5.97 Å². The number of ether oxygens (including phenoxy) is 2. The van der Waals surface area contributed by atoms with Crippen LogP contribution in [-0.4, -0.2) is 23.3 Å². The fourth-order valence-corrected chi connectivity index (χ4v) is 5.63. The molecule has 4 aliphatic rings. The first-order valence-corrected chi connectivity index (χ1v) is 9.63. The molecular weight excluding hydrogens is 316 g/mol. The van der Waals surface area contributed by atoms with E-state index in [1.807, 2.05) is 13.0 Å². The monoisotopic (exact) mass is 344 g/mol. The summed E-state index contributed by atoms with van der Waals surface area (Å²) in [6.07, 6.45) is 7.04. The van der Waals surface area contributed by atoms with Gasteiger partial charge in [-0.15, -0.1) is 0 Å². The molecule has 0 amide bonds. The van der Waals surface area contributed by atoms with Gasteiger partial charge in [0.15, 0.2) is 6.61 Å². The molecule has 136 valence electrons. The number of carbonyl (C=O) groups is 1. The number of hydrogen-bond donors (Lipinski definition) is 1. The Kier molecular flexibility index (Phi) is 4.17. The van der Waals surface area contributed by atoms with Crippen LogP contribution in [0.3, 0.4) is 0 Å². The molecule has 25 heavy (non-hydrogen) atoms. The zero-order chi connectivity index (χ0) is 17.6. The number of phenols is 1. The predicted molar refractivity (Wildman–Crippen MR) is 94.5 cm³/mol. The highest BCUT2D eigenvalue weighted by atomic mass is 16.6. The second kappa shape index (κ2) is 6.22. The van der Waals surface area contributed by atoms with Crippen molar-refractivity contribution < 1.29 is 19.4 Å². The molecule has 5 rings (SSSR count). The Morgan fingerprint density at radius 2 is 1.76 bits per heavy atom. The van der Waals surface area contributed by atoms with Gasteiger partial charge in [0, 0.05) is 6.07 Å². The van der Waals surface area contributed by atoms with E-state index < -0.39 is 0 Å². The molecule has 1 N–H and O–H groups in total. The number of phenolic OH excluding ortho intramolecular Hbond substituents is 1. The lowest BCUT2D eigenvalue weighted by molar-refractivity contribution is -0.204. The zero-order valence-electron chi connectivity index (χ0n) is 15.2. The van der Waals surface area contributed by atoms with E-state index in [0.717, 1.165) is 23.8 Å². The summed E-state index contributed by atoms with van der Waals surface area (Å²) in [5.74, 6) is 3.12. The number of aryl methyl sites for hydroxylation is 1. The van der Waals surface area contributed by atoms with Gasteiger partial charge in [-0.3, -0.25) is 0 Å². The van der Waals surface area contributed by atoms with E-state index >= 15 is 0 Å². The maximum Gasteiger partial charge on any atom is 0.344 e. The van der Waals surface area contributed by atoms with Crippen molar-refractivity contribution in [2.75, 3.05) is 6.61 Å². The van der Waals surface area contributed by atoms with Crippen LogP contribution in [0, 0.1) is 23.7 Å². The number of carbonyl (C=O) groups excluding carboxylic acids is 1. The van der Waals surface area contributed by atoms with E-state index in [4.69, 9.17) is 9.47 Å². The van der Waals surface area contributed by atoms with Crippen LogP contribution in [0.4, 0.5) is 0 Å². The predicted octanol–water partition coefficient (Wildman–Crippen LogP) is 4.09. The third-order valence-corrected chi connectivity index (χ3v) is 6.81. The molecule has 0 atom stereocenters. The number of rotatable bonds is 5. The van der Waals surface area contributed by atoms with Gasteiger partial charge in [0.05, 0.1) is 0 Å². The molecule has 4 saturated carbocycles. The third kappa shape index (κ3) is 3.11. The van der Waals surface area contributed by atoms with Crippen LogP contribution < -0.4 is 4.74 Å². The lowest BCUT2D eigenvalue weighted by Crippen LogP contribution is -2.58. The summed E-state index contributed by atoms with van der Waals surface area (Å²) in [6, 6.07) is 5.11. The SMILES string of the molecule is CCc1cc(O)cc(OCC(=O)OC2(C)C3CC4CC(C3)CC2C4)c1. The van der Waals surface area contributed by atoms with Crippen molar-refractivity contribution in [3.63, 3.8) is 0 Å². The fraction of sp³-hybridized carbons (Fsp3) is 0.667. The molecule has 0 aromatic heterocycles. The van der Waals surface area contributed by atoms with Crippen molar-refractivity contribution in [2.24, 2.45) is 23.7 Å². The molecule has 0 radical (unpaired) electrons. The first kappa shape index (κ1) is 16.7. The van der Waals surface area contributed by atoms with Crippen LogP contribution in [-0.2, 0) is 16.0 Å². The second-order valence-corrected chi connectivity index (χ2v) is 8.44. The zero-order valence-corrected chi connectivity index (χ0v) is 15.2. The number of benzene rings is 1. The minimum Gasteiger partial charge on any atom is -0.508 e. The van der Waals surface area contributed by atoms with Crippen LogP contribution in [0.15, 0.2) is 18.2 Å². The lowest BCUT2D eigenvalue weighted by atomic mass is 9.50. The van der Waals surface area contributed by atoms with Crippen LogP contribution in [0.1, 0.15) is 51.5 Å². The molecule has 0 spiro atoms. The molecule has 4 fully saturated rings. The van der Waals surface area contributed by atoms with Gasteiger partial charge in [0.1, 0.15) is 17.1 Å². The van der Waals surface area contributed by atoms with E-state index in [9.17, 15) is 9.90 Å². The smallest absolute Gasteiger partial charge is 0.344 e. The lowest BCUT2D eigenvalue weighted by Gasteiger charge is -2.59. The maximum absolute atomic E-state index is 12.4. The van der Waals surface area contributed by atoms with Crippen LogP contribution in [0.5, 0.6) is 11.5 Å². The van der Waals surface area contributed by atoms with Crippen LogP contribution >= 0.6 is 0 Å². The number of esters is 1. The Labute approximate surface area is 149 Å². The van der Waals surface area contributed by atoms with Gasteiger partial charge in [-0.1, -0.05) is 6.92 Å². The summed E-state index contributed by atoms with van der Waals surface area (Å²) in [4.78, 5) is 12.4. The molecule has 4 aliphatic carbocycles. The van der Waals surface area contributed by atoms with Gasteiger partial charge in [-0.2, -0.15) is 0 Å². The van der Waals surface area contributed by atoms with Gasteiger partial charge >= 0.3 is 5.97 Å². The first-order chi connectivity index (χ1) is 12.0. The summed E-state index contributed by atoms with van der Waals surface area (Å²) in [5.41, 5.74) is 0.665. The third-order valence-electron chi connectivity index (χ3n) is 6.81. The summed E-state index contributed by atoms with van der Waals surface area (Å²) in [6.45, 7) is 4.05. The molecule has 0 heterocycles. The van der Waals surface area contributed by atoms with Gasteiger partial charge in [-0.05, 0) is 86.8 Å². The molecule has 1 aromatic rings. The minimum atomic E-state index is -0.318. The normalized spacial score (nSPS) is 35.6. The van der Waals surface area contributed by atoms with E-state index in [1.54, 1.807) is 6.07 Å². The Balaban J connectivity index is 1.38. The first-order valence-electron chi connectivity index (χ1n) is 9.63. The van der Waals surface area contributed by atoms with E-state index in [2.05, 4.69) is 6.92 Å². The average molecular weight is 344 g/mol. The highest BCUT2D eigenvalue weighted by Gasteiger charge is 2.57. The van der Waals surface area contributed by atoms with Gasteiger partial charge in [-0.25, -0.2) is 4.79 Å². The molecule has 1 aromatic carbocycles. The largest absolute Gasteiger partial charge is 0.508 e. The Bertz CT molecular complexity index is 638. The van der Waals surface area contributed by atoms with Crippen molar-refractivity contribution in [3.05, 3.63) is 23.8 Å². The maximum atomic E-state index is 12.4. The van der Waals surface area contributed by atoms with E-state index in [0.29, 0.717) is 17.6 Å². The Morgan fingerprint density at radius 3 is 2.36 bits per heavy atom. The molecule has 4 heteroatoms. The van der Waals surface area contributed by atoms with E-state index in [1.165, 1.54) is 38.2 Å². The van der Waals surface area contributed by atoms with Gasteiger partial charge < -0.3 is 14.6 Å². The molecule has 4 bridgehead atoms. The number of aromatic hydroxyl groups is 1. The fourth-order valence-electron chi connectivity index (χ4n) is 5.63. The molecule has 0 unspecified atom stereocenters. The van der Waals surface area contributed by atoms with Crippen molar-refractivity contribution in [1.82, 2.24) is 0 Å². The summed E-state index contributed by atoms with van der Waals surface area (Å²) in [5, 5.41) is 9.73. The summed E-state index contributed by atoms with van der Waals surface area (Å²) < 4.78 is 11.6. The summed E-state index contributed by atoms with van der Waals surface area (Å²) >= 11 is 0. The quantitative estimate of drug-likeness (QED) is 0.817. The minimum absolute atomic E-state index is 0.103. The Hall–Kier alpha value is -1.71. The van der Waals surface area contributed by atoms with Crippen LogP contribution in [0.2, 0.25) is 0 Å². The Morgan fingerprint density at radius 1 is 1.12 bits per heavy atom. The molecular formula is C21H28O4. The van der Waals surface area contributed by atoms with Crippen molar-refractivity contribution in [1.29, 1.82) is 0 Å². The van der Waals surface area contributed by atoms with Crippen molar-refractivity contribution in [3.8, 4) is 11.5 Å². The molecule has 4 nitrogen and oxygen atoms in total. The topological polar surface area (TPSA) is 55.8 Å². The highest BCUT2D eigenvalue weighted by Crippen LogP contribution is 2.59. The standard InChI is InChI=1S/C21H28O4/c1-3-13-9-18(22)11-19(10-13)24-12-20(23)25-21(2)16-5-14-4-15(7-16)8-17(21)6-14/h9-11,14-17,22H,3-8,12H2,1-2H3. The van der Waals surface area contributed by atoms with E-state index in [-0.39, 0.29) is 23.9 Å².